The van der Waals surface area contributed by atoms with Gasteiger partial charge < -0.3 is 19.7 Å². The van der Waals surface area contributed by atoms with Crippen LogP contribution in [0.2, 0.25) is 0 Å². The van der Waals surface area contributed by atoms with Gasteiger partial charge in [0.15, 0.2) is 0 Å². The van der Waals surface area contributed by atoms with Gasteiger partial charge in [-0.2, -0.15) is 0 Å². The Morgan fingerprint density at radius 3 is 1.44 bits per heavy atom. The summed E-state index contributed by atoms with van der Waals surface area (Å²) in [7, 11) is 0. The molecule has 1 rings (SSSR count). The summed E-state index contributed by atoms with van der Waals surface area (Å²) < 4.78 is 9.27. The first-order valence-electron chi connectivity index (χ1n) is 5.29. The van der Waals surface area contributed by atoms with E-state index in [2.05, 4.69) is 9.47 Å². The van der Waals surface area contributed by atoms with Crippen LogP contribution in [0.25, 0.3) is 0 Å². The fourth-order valence-corrected chi connectivity index (χ4v) is 1.18. The lowest BCUT2D eigenvalue weighted by Crippen LogP contribution is -2.17. The Kier molecular flexibility index (Phi) is 5.83. The monoisotopic (exact) mass is 252 g/mol. The average molecular weight is 252 g/mol. The third-order valence-corrected chi connectivity index (χ3v) is 1.99. The van der Waals surface area contributed by atoms with E-state index in [1.54, 1.807) is 0 Å². The highest BCUT2D eigenvalue weighted by Gasteiger charge is 2.09. The Balaban J connectivity index is 2.62. The first-order valence-corrected chi connectivity index (χ1v) is 5.29. The Morgan fingerprint density at radius 1 is 0.833 bits per heavy atom. The maximum atomic E-state index is 11.3. The number of carbonyl (C=O) groups excluding carboxylic acids is 2. The molecule has 0 spiro atoms. The minimum Gasteiger partial charge on any atom is -0.852 e. The predicted octanol–water partition coefficient (Wildman–Crippen LogP) is -1.28. The van der Waals surface area contributed by atoms with Gasteiger partial charge >= 0.3 is 11.9 Å². The van der Waals surface area contributed by atoms with Gasteiger partial charge in [0.1, 0.15) is 0 Å². The van der Waals surface area contributed by atoms with Crippen molar-refractivity contribution in [3.05, 3.63) is 35.4 Å². The number of hydrogen-bond donors (Lipinski definition) is 0. The lowest BCUT2D eigenvalue weighted by atomic mass is 10.1. The number of carbonyl (C=O) groups is 2. The van der Waals surface area contributed by atoms with Gasteiger partial charge in [-0.1, -0.05) is 0 Å². The van der Waals surface area contributed by atoms with E-state index in [0.717, 1.165) is 0 Å². The second kappa shape index (κ2) is 7.41. The number of rotatable bonds is 6. The lowest BCUT2D eigenvalue weighted by Gasteiger charge is -2.08. The lowest BCUT2D eigenvalue weighted by molar-refractivity contribution is -0.372. The number of benzene rings is 1. The van der Waals surface area contributed by atoms with Crippen molar-refractivity contribution in [2.24, 2.45) is 0 Å². The molecule has 0 atom stereocenters. The fourth-order valence-electron chi connectivity index (χ4n) is 1.18. The van der Waals surface area contributed by atoms with Gasteiger partial charge in [-0.15, -0.1) is 13.2 Å². The Morgan fingerprint density at radius 2 is 1.17 bits per heavy atom. The van der Waals surface area contributed by atoms with Crippen LogP contribution in [0.4, 0.5) is 0 Å². The molecule has 0 radical (unpaired) electrons. The Labute approximate surface area is 104 Å². The van der Waals surface area contributed by atoms with Crippen molar-refractivity contribution in [3.8, 4) is 0 Å². The topological polar surface area (TPSA) is 98.7 Å². The smallest absolute Gasteiger partial charge is 0.338 e. The maximum Gasteiger partial charge on any atom is 0.338 e. The molecule has 0 heterocycles. The Hall–Kier alpha value is -1.92. The molecule has 0 bridgehead atoms. The number of esters is 2. The second-order valence-corrected chi connectivity index (χ2v) is 3.26. The second-order valence-electron chi connectivity index (χ2n) is 3.26. The minimum atomic E-state index is -0.620. The highest BCUT2D eigenvalue weighted by atomic mass is 16.5. The molecule has 0 aromatic heterocycles. The van der Waals surface area contributed by atoms with Gasteiger partial charge in [-0.25, -0.2) is 9.59 Å². The molecule has 1 aromatic rings. The molecule has 0 unspecified atom stereocenters. The van der Waals surface area contributed by atoms with Crippen LogP contribution in [0.3, 0.4) is 0 Å². The average Bonchev–Trinajstić information content (AvgIpc) is 2.42. The molecule has 1 aromatic carbocycles. The highest BCUT2D eigenvalue weighted by molar-refractivity contribution is 5.93. The fraction of sp³-hybridized carbons (Fsp3) is 0.333. The molecule has 0 saturated heterocycles. The number of ether oxygens (including phenoxy) is 2. The number of hydrogen-bond acceptors (Lipinski definition) is 6. The van der Waals surface area contributed by atoms with Crippen molar-refractivity contribution in [3.63, 3.8) is 0 Å². The molecule has 0 N–H and O–H groups in total. The SMILES string of the molecule is O=C(OCC[O-])c1ccc(C(=O)OCC[O-])cc1. The van der Waals surface area contributed by atoms with Crippen LogP contribution in [0.15, 0.2) is 24.3 Å². The van der Waals surface area contributed by atoms with Crippen molar-refractivity contribution in [2.45, 2.75) is 0 Å². The van der Waals surface area contributed by atoms with Crippen LogP contribution >= 0.6 is 0 Å². The quantitative estimate of drug-likeness (QED) is 0.585. The normalized spacial score (nSPS) is 9.89. The van der Waals surface area contributed by atoms with E-state index < -0.39 is 25.2 Å². The van der Waals surface area contributed by atoms with Gasteiger partial charge in [0.2, 0.25) is 0 Å². The van der Waals surface area contributed by atoms with Gasteiger partial charge in [0.05, 0.1) is 24.3 Å². The highest BCUT2D eigenvalue weighted by Crippen LogP contribution is 2.07. The zero-order valence-electron chi connectivity index (χ0n) is 9.59. The first kappa shape index (κ1) is 14.1. The summed E-state index contributed by atoms with van der Waals surface area (Å²) in [6.07, 6.45) is 0. The third-order valence-electron chi connectivity index (χ3n) is 1.99. The summed E-state index contributed by atoms with van der Waals surface area (Å²) in [5.41, 5.74) is 0.479. The van der Waals surface area contributed by atoms with E-state index >= 15 is 0 Å². The van der Waals surface area contributed by atoms with Crippen LogP contribution in [-0.2, 0) is 9.47 Å². The summed E-state index contributed by atoms with van der Waals surface area (Å²) in [4.78, 5) is 22.7. The van der Waals surface area contributed by atoms with Gasteiger partial charge in [-0.3, -0.25) is 0 Å². The van der Waals surface area contributed by atoms with Crippen molar-refractivity contribution < 1.29 is 29.3 Å². The van der Waals surface area contributed by atoms with Crippen molar-refractivity contribution in [1.29, 1.82) is 0 Å². The van der Waals surface area contributed by atoms with Crippen LogP contribution in [0.1, 0.15) is 20.7 Å². The van der Waals surface area contributed by atoms with E-state index in [1.165, 1.54) is 24.3 Å². The summed E-state index contributed by atoms with van der Waals surface area (Å²) in [6, 6.07) is 5.56. The van der Waals surface area contributed by atoms with Gasteiger partial charge in [0, 0.05) is 0 Å². The van der Waals surface area contributed by atoms with Gasteiger partial charge in [0.25, 0.3) is 0 Å². The molecule has 98 valence electrons. The summed E-state index contributed by atoms with van der Waals surface area (Å²) in [5.74, 6) is -1.24. The summed E-state index contributed by atoms with van der Waals surface area (Å²) in [5, 5.41) is 20.3. The minimum absolute atomic E-state index is 0.188. The van der Waals surface area contributed by atoms with E-state index in [9.17, 15) is 19.8 Å². The van der Waals surface area contributed by atoms with E-state index in [0.29, 0.717) is 0 Å². The van der Waals surface area contributed by atoms with Crippen molar-refractivity contribution in [2.75, 3.05) is 26.4 Å². The largest absolute Gasteiger partial charge is 0.852 e. The zero-order chi connectivity index (χ0) is 13.4. The van der Waals surface area contributed by atoms with E-state index in [1.807, 2.05) is 0 Å². The zero-order valence-corrected chi connectivity index (χ0v) is 9.59. The predicted molar refractivity (Wildman–Crippen MR) is 56.7 cm³/mol. The molecule has 6 heteroatoms. The van der Waals surface area contributed by atoms with Gasteiger partial charge in [-0.05, 0) is 24.3 Å². The van der Waals surface area contributed by atoms with Crippen LogP contribution in [0.5, 0.6) is 0 Å². The first-order chi connectivity index (χ1) is 8.69. The standard InChI is InChI=1S/C12H12O6/c13-5-7-17-11(15)9-1-2-10(4-3-9)12(16)18-8-6-14/h1-4H,5-8H2/q-2. The molecular weight excluding hydrogens is 240 g/mol. The summed E-state index contributed by atoms with van der Waals surface area (Å²) in [6.45, 7) is -1.37. The molecule has 0 aliphatic carbocycles. The Bertz CT molecular complexity index is 359. The molecule has 6 nitrogen and oxygen atoms in total. The van der Waals surface area contributed by atoms with Crippen molar-refractivity contribution >= 4 is 11.9 Å². The molecule has 0 saturated carbocycles. The molecule has 0 amide bonds. The molecule has 0 fully saturated rings. The van der Waals surface area contributed by atoms with Crippen LogP contribution in [-0.4, -0.2) is 38.4 Å². The van der Waals surface area contributed by atoms with Crippen LogP contribution < -0.4 is 10.2 Å². The molecular formula is C12H12O6-2. The third kappa shape index (κ3) is 4.15. The summed E-state index contributed by atoms with van der Waals surface area (Å²) >= 11 is 0. The molecule has 0 aliphatic heterocycles. The van der Waals surface area contributed by atoms with E-state index in [-0.39, 0.29) is 24.3 Å². The molecule has 18 heavy (non-hydrogen) atoms. The molecule has 0 aliphatic rings. The van der Waals surface area contributed by atoms with Crippen molar-refractivity contribution in [1.82, 2.24) is 0 Å². The maximum absolute atomic E-state index is 11.3. The van der Waals surface area contributed by atoms with Crippen LogP contribution in [0, 0.1) is 0 Å². The van der Waals surface area contributed by atoms with E-state index in [4.69, 9.17) is 0 Å².